The van der Waals surface area contributed by atoms with E-state index >= 15 is 0 Å². The maximum atomic E-state index is 12.0. The number of imide groups is 1. The van der Waals surface area contributed by atoms with Crippen LogP contribution in [-0.2, 0) is 11.2 Å². The third-order valence-electron chi connectivity index (χ3n) is 4.68. The Morgan fingerprint density at radius 1 is 1.22 bits per heavy atom. The highest BCUT2D eigenvalue weighted by Gasteiger charge is 2.41. The molecule has 1 N–H and O–H groups in total. The van der Waals surface area contributed by atoms with Crippen LogP contribution in [0.5, 0.6) is 11.5 Å². The molecule has 1 fully saturated rings. The summed E-state index contributed by atoms with van der Waals surface area (Å²) in [4.78, 5) is 33.7. The summed E-state index contributed by atoms with van der Waals surface area (Å²) in [5.74, 6) is 0.646. The summed E-state index contributed by atoms with van der Waals surface area (Å²) in [6, 6.07) is 9.59. The zero-order valence-electron chi connectivity index (χ0n) is 13.8. The van der Waals surface area contributed by atoms with Gasteiger partial charge in [-0.3, -0.25) is 25.0 Å². The molecule has 2 atom stereocenters. The molecule has 0 spiro atoms. The van der Waals surface area contributed by atoms with E-state index in [4.69, 9.17) is 16.3 Å². The lowest BCUT2D eigenvalue weighted by Crippen LogP contribution is -2.27. The number of amides is 2. The first-order valence-electron chi connectivity index (χ1n) is 8.18. The molecule has 1 aliphatic carbocycles. The van der Waals surface area contributed by atoms with Gasteiger partial charge >= 0.3 is 0 Å². The SMILES string of the molecule is O=C1NC(=O)C([C@@H]2CCc3cc(Oc4ccc([N+](=O)[O-])cc4Cl)ccc32)S1. The number of carbonyl (C=O) groups excluding carboxylic acids is 2. The number of fused-ring (bicyclic) bond motifs is 1. The van der Waals surface area contributed by atoms with Gasteiger partial charge in [-0.2, -0.15) is 0 Å². The molecule has 0 bridgehead atoms. The van der Waals surface area contributed by atoms with E-state index in [1.54, 1.807) is 6.07 Å². The quantitative estimate of drug-likeness (QED) is 0.598. The van der Waals surface area contributed by atoms with Crippen molar-refractivity contribution in [1.29, 1.82) is 0 Å². The number of hydrogen-bond donors (Lipinski definition) is 1. The minimum Gasteiger partial charge on any atom is -0.456 e. The summed E-state index contributed by atoms with van der Waals surface area (Å²) in [5, 5.41) is 12.6. The van der Waals surface area contributed by atoms with E-state index < -0.39 is 10.2 Å². The molecule has 27 heavy (non-hydrogen) atoms. The van der Waals surface area contributed by atoms with Gasteiger partial charge in [-0.15, -0.1) is 0 Å². The van der Waals surface area contributed by atoms with Gasteiger partial charge in [0.2, 0.25) is 5.91 Å². The Kier molecular flexibility index (Phi) is 4.53. The Labute approximate surface area is 163 Å². The van der Waals surface area contributed by atoms with Crippen LogP contribution in [0.3, 0.4) is 0 Å². The van der Waals surface area contributed by atoms with Crippen LogP contribution in [0.15, 0.2) is 36.4 Å². The second-order valence-corrected chi connectivity index (χ2v) is 7.82. The largest absolute Gasteiger partial charge is 0.456 e. The fraction of sp³-hybridized carbons (Fsp3) is 0.222. The summed E-state index contributed by atoms with van der Waals surface area (Å²) < 4.78 is 5.77. The van der Waals surface area contributed by atoms with Crippen molar-refractivity contribution in [3.8, 4) is 11.5 Å². The molecule has 2 aromatic rings. The van der Waals surface area contributed by atoms with E-state index in [0.29, 0.717) is 11.5 Å². The van der Waals surface area contributed by atoms with Crippen LogP contribution in [0.1, 0.15) is 23.5 Å². The second-order valence-electron chi connectivity index (χ2n) is 6.29. The van der Waals surface area contributed by atoms with E-state index in [-0.39, 0.29) is 27.8 Å². The first-order chi connectivity index (χ1) is 12.9. The van der Waals surface area contributed by atoms with Gasteiger partial charge in [-0.05, 0) is 42.2 Å². The Balaban J connectivity index is 1.55. The monoisotopic (exact) mass is 404 g/mol. The Morgan fingerprint density at radius 3 is 2.70 bits per heavy atom. The average Bonchev–Trinajstić information content (AvgIpc) is 3.18. The molecule has 1 heterocycles. The zero-order valence-corrected chi connectivity index (χ0v) is 15.4. The number of rotatable bonds is 4. The number of ether oxygens (including phenoxy) is 1. The second kappa shape index (κ2) is 6.86. The number of nitrogens with zero attached hydrogens (tertiary/aromatic N) is 1. The van der Waals surface area contributed by atoms with Gasteiger partial charge in [-0.25, -0.2) is 0 Å². The first-order valence-corrected chi connectivity index (χ1v) is 9.44. The van der Waals surface area contributed by atoms with E-state index in [2.05, 4.69) is 5.32 Å². The fourth-order valence-electron chi connectivity index (χ4n) is 3.45. The number of carbonyl (C=O) groups is 2. The number of nitro groups is 1. The standard InChI is InChI=1S/C18H13ClN2O5S/c19-14-8-10(21(24)25)2-6-15(14)26-11-3-5-12-9(7-11)1-4-13(12)16-17(22)20-18(23)27-16/h2-3,5-8,13,16H,1,4H2,(H,20,22,23)/t13-,16?/m1/s1. The minimum atomic E-state index is -0.521. The molecule has 2 aliphatic rings. The predicted octanol–water partition coefficient (Wildman–Crippen LogP) is 4.42. The topological polar surface area (TPSA) is 98.5 Å². The number of hydrogen-bond acceptors (Lipinski definition) is 6. The number of benzene rings is 2. The summed E-state index contributed by atoms with van der Waals surface area (Å²) >= 11 is 7.11. The molecular formula is C18H13ClN2O5S. The van der Waals surface area contributed by atoms with Crippen molar-refractivity contribution in [1.82, 2.24) is 5.32 Å². The van der Waals surface area contributed by atoms with Crippen molar-refractivity contribution in [3.05, 3.63) is 62.7 Å². The molecule has 1 saturated heterocycles. The lowest BCUT2D eigenvalue weighted by molar-refractivity contribution is -0.384. The van der Waals surface area contributed by atoms with Crippen molar-refractivity contribution < 1.29 is 19.2 Å². The highest BCUT2D eigenvalue weighted by Crippen LogP contribution is 2.43. The summed E-state index contributed by atoms with van der Waals surface area (Å²) in [7, 11) is 0. The fourth-order valence-corrected chi connectivity index (χ4v) is 4.67. The zero-order chi connectivity index (χ0) is 19.1. The van der Waals surface area contributed by atoms with Crippen molar-refractivity contribution in [2.75, 3.05) is 0 Å². The van der Waals surface area contributed by atoms with Crippen LogP contribution in [0.2, 0.25) is 5.02 Å². The van der Waals surface area contributed by atoms with Crippen LogP contribution in [-0.4, -0.2) is 21.3 Å². The van der Waals surface area contributed by atoms with Gasteiger partial charge in [-0.1, -0.05) is 29.4 Å². The third kappa shape index (κ3) is 3.38. The predicted molar refractivity (Wildman–Crippen MR) is 101 cm³/mol. The highest BCUT2D eigenvalue weighted by atomic mass is 35.5. The Bertz CT molecular complexity index is 980. The number of nitro benzene ring substituents is 1. The average molecular weight is 405 g/mol. The smallest absolute Gasteiger partial charge is 0.286 e. The van der Waals surface area contributed by atoms with E-state index in [1.807, 2.05) is 12.1 Å². The lowest BCUT2D eigenvalue weighted by Gasteiger charge is -2.16. The molecule has 138 valence electrons. The molecule has 0 saturated carbocycles. The van der Waals surface area contributed by atoms with Crippen LogP contribution < -0.4 is 10.1 Å². The molecule has 1 aliphatic heterocycles. The van der Waals surface area contributed by atoms with E-state index in [9.17, 15) is 19.7 Å². The molecule has 9 heteroatoms. The normalized spacial score (nSPS) is 21.1. The molecular weight excluding hydrogens is 392 g/mol. The number of thioether (sulfide) groups is 1. The number of halogens is 1. The van der Waals surface area contributed by atoms with Gasteiger partial charge in [0.1, 0.15) is 16.7 Å². The molecule has 7 nitrogen and oxygen atoms in total. The summed E-state index contributed by atoms with van der Waals surface area (Å²) in [6.45, 7) is 0. The number of aryl methyl sites for hydroxylation is 1. The van der Waals surface area contributed by atoms with Crippen molar-refractivity contribution in [2.24, 2.45) is 0 Å². The Morgan fingerprint density at radius 2 is 2.04 bits per heavy atom. The molecule has 0 aromatic heterocycles. The van der Waals surface area contributed by atoms with Gasteiger partial charge in [0, 0.05) is 18.1 Å². The number of nitrogens with one attached hydrogen (secondary N) is 1. The van der Waals surface area contributed by atoms with Crippen molar-refractivity contribution in [2.45, 2.75) is 24.0 Å². The summed E-state index contributed by atoms with van der Waals surface area (Å²) in [5.41, 5.74) is 1.99. The van der Waals surface area contributed by atoms with Gasteiger partial charge in [0.05, 0.1) is 9.95 Å². The van der Waals surface area contributed by atoms with Gasteiger partial charge < -0.3 is 4.74 Å². The Hall–Kier alpha value is -2.58. The summed E-state index contributed by atoms with van der Waals surface area (Å²) in [6.07, 6.45) is 1.57. The molecule has 1 unspecified atom stereocenters. The van der Waals surface area contributed by atoms with Crippen molar-refractivity contribution in [3.63, 3.8) is 0 Å². The molecule has 2 aromatic carbocycles. The minimum absolute atomic E-state index is 0.00605. The van der Waals surface area contributed by atoms with Crippen LogP contribution in [0.4, 0.5) is 10.5 Å². The molecule has 4 rings (SSSR count). The number of non-ortho nitro benzene ring substituents is 1. The lowest BCUT2D eigenvalue weighted by atomic mass is 9.97. The molecule has 2 amide bonds. The van der Waals surface area contributed by atoms with E-state index in [0.717, 1.165) is 35.7 Å². The maximum Gasteiger partial charge on any atom is 0.286 e. The van der Waals surface area contributed by atoms with E-state index in [1.165, 1.54) is 18.2 Å². The van der Waals surface area contributed by atoms with Gasteiger partial charge in [0.25, 0.3) is 10.9 Å². The van der Waals surface area contributed by atoms with Crippen LogP contribution in [0.25, 0.3) is 0 Å². The first kappa shape index (κ1) is 17.8. The van der Waals surface area contributed by atoms with Crippen molar-refractivity contribution >= 4 is 40.2 Å². The van der Waals surface area contributed by atoms with Crippen LogP contribution >= 0.6 is 23.4 Å². The van der Waals surface area contributed by atoms with Crippen LogP contribution in [0, 0.1) is 10.1 Å². The molecule has 0 radical (unpaired) electrons. The van der Waals surface area contributed by atoms with Gasteiger partial charge in [0.15, 0.2) is 0 Å². The maximum absolute atomic E-state index is 12.0. The third-order valence-corrected chi connectivity index (χ3v) is 6.08. The highest BCUT2D eigenvalue weighted by molar-refractivity contribution is 8.15.